The number of fused-ring (bicyclic) bond motifs is 1. The van der Waals surface area contributed by atoms with Crippen LogP contribution in [0.1, 0.15) is 39.6 Å². The lowest BCUT2D eigenvalue weighted by Crippen LogP contribution is -2.56. The zero-order valence-electron chi connectivity index (χ0n) is 22.6. The van der Waals surface area contributed by atoms with Crippen molar-refractivity contribution in [1.29, 1.82) is 0 Å². The zero-order valence-corrected chi connectivity index (χ0v) is 25.8. The summed E-state index contributed by atoms with van der Waals surface area (Å²) in [4.78, 5) is 58.5. The van der Waals surface area contributed by atoms with Crippen LogP contribution in [0.3, 0.4) is 0 Å². The summed E-state index contributed by atoms with van der Waals surface area (Å²) in [5.41, 5.74) is 0.752. The highest BCUT2D eigenvalue weighted by Gasteiger charge is 2.37. The van der Waals surface area contributed by atoms with Crippen LogP contribution in [0.15, 0.2) is 18.2 Å². The number of benzene rings is 1. The van der Waals surface area contributed by atoms with Gasteiger partial charge in [-0.1, -0.05) is 23.8 Å². The van der Waals surface area contributed by atoms with Crippen molar-refractivity contribution in [3.63, 3.8) is 0 Å². The Labute approximate surface area is 257 Å². The lowest BCUT2D eigenvalue weighted by Gasteiger charge is -2.37. The Morgan fingerprint density at radius 3 is 2.63 bits per heavy atom. The van der Waals surface area contributed by atoms with Gasteiger partial charge in [-0.25, -0.2) is 4.98 Å². The summed E-state index contributed by atoms with van der Waals surface area (Å²) in [5.74, 6) is -1.33. The fourth-order valence-corrected chi connectivity index (χ4v) is 6.38. The van der Waals surface area contributed by atoms with E-state index < -0.39 is 22.9 Å². The first-order valence-electron chi connectivity index (χ1n) is 12.7. The molecule has 1 fully saturated rings. The van der Waals surface area contributed by atoms with E-state index in [1.54, 1.807) is 14.1 Å². The second-order valence-corrected chi connectivity index (χ2v) is 12.1. The lowest BCUT2D eigenvalue weighted by molar-refractivity contribution is -0.384. The van der Waals surface area contributed by atoms with Crippen molar-refractivity contribution >= 4 is 81.6 Å². The van der Waals surface area contributed by atoms with Crippen LogP contribution in [0.2, 0.25) is 5.02 Å². The molecular weight excluding hydrogens is 613 g/mol. The van der Waals surface area contributed by atoms with Crippen molar-refractivity contribution in [2.75, 3.05) is 33.0 Å². The Kier molecular flexibility index (Phi) is 11.0. The molecule has 2 aromatic rings. The molecule has 3 N–H and O–H groups in total. The minimum Gasteiger partial charge on any atom is -0.367 e. The van der Waals surface area contributed by atoms with Gasteiger partial charge in [-0.15, -0.1) is 23.7 Å². The molecule has 41 heavy (non-hydrogen) atoms. The summed E-state index contributed by atoms with van der Waals surface area (Å²) in [6, 6.07) is 2.97. The number of rotatable bonds is 6. The number of hydrogen-bond acceptors (Lipinski definition) is 9. The van der Waals surface area contributed by atoms with E-state index in [0.29, 0.717) is 24.3 Å². The van der Waals surface area contributed by atoms with Gasteiger partial charge in [0.2, 0.25) is 5.91 Å². The Hall–Kier alpha value is -2.91. The Morgan fingerprint density at radius 1 is 1.22 bits per heavy atom. The van der Waals surface area contributed by atoms with E-state index in [1.807, 2.05) is 7.05 Å². The number of nitrogens with one attached hydrogen (secondary N) is 3. The fourth-order valence-electron chi connectivity index (χ4n) is 4.89. The molecule has 1 saturated carbocycles. The number of carbonyl (C=O) groups excluding carboxylic acids is 3. The molecule has 3 amide bonds. The van der Waals surface area contributed by atoms with E-state index >= 15 is 0 Å². The number of halogens is 2. The van der Waals surface area contributed by atoms with Crippen LogP contribution in [-0.4, -0.2) is 82.2 Å². The summed E-state index contributed by atoms with van der Waals surface area (Å²) in [6.45, 7) is 1.62. The van der Waals surface area contributed by atoms with Gasteiger partial charge in [0.15, 0.2) is 10.00 Å². The van der Waals surface area contributed by atoms with Crippen molar-refractivity contribution in [2.24, 2.45) is 5.92 Å². The van der Waals surface area contributed by atoms with Crippen LogP contribution in [0.5, 0.6) is 0 Å². The summed E-state index contributed by atoms with van der Waals surface area (Å²) in [5, 5.41) is 20.1. The minimum absolute atomic E-state index is 0. The molecule has 222 valence electrons. The number of likely N-dealkylation sites (N-methyl/N-ethyl adjacent to an activating group) is 1. The van der Waals surface area contributed by atoms with Gasteiger partial charge in [-0.05, 0) is 38.4 Å². The molecule has 0 unspecified atom stereocenters. The SMILES string of the molecule is CN1CCc2nc(C(=O)N[C@@H]3C[C@@H](C(=O)N(C)C)CC[C@@H]3NC(=S)C(=O)Nc3ccc(Cl)c([N+](=O)[O-])c3)sc2C1.Cl. The molecule has 12 nitrogen and oxygen atoms in total. The van der Waals surface area contributed by atoms with Crippen LogP contribution in [-0.2, 0) is 22.6 Å². The van der Waals surface area contributed by atoms with E-state index in [9.17, 15) is 24.5 Å². The van der Waals surface area contributed by atoms with Crippen LogP contribution < -0.4 is 16.0 Å². The van der Waals surface area contributed by atoms with E-state index in [-0.39, 0.29) is 51.5 Å². The van der Waals surface area contributed by atoms with Gasteiger partial charge in [0.25, 0.3) is 17.5 Å². The molecule has 4 rings (SSSR count). The number of hydrogen-bond donors (Lipinski definition) is 3. The number of thiocarbonyl (C=S) groups is 1. The topological polar surface area (TPSA) is 150 Å². The molecular formula is C25H31Cl2N7O5S2. The fraction of sp³-hybridized carbons (Fsp3) is 0.480. The summed E-state index contributed by atoms with van der Waals surface area (Å²) in [7, 11) is 5.41. The number of anilines is 1. The quantitative estimate of drug-likeness (QED) is 0.245. The molecule has 0 radical (unpaired) electrons. The van der Waals surface area contributed by atoms with Gasteiger partial charge >= 0.3 is 0 Å². The first kappa shape index (κ1) is 32.6. The number of amides is 3. The largest absolute Gasteiger partial charge is 0.367 e. The van der Waals surface area contributed by atoms with Crippen LogP contribution in [0.4, 0.5) is 11.4 Å². The lowest BCUT2D eigenvalue weighted by atomic mass is 9.81. The van der Waals surface area contributed by atoms with Gasteiger partial charge in [0.05, 0.1) is 16.7 Å². The molecule has 2 aliphatic rings. The Balaban J connectivity index is 0.00000462. The maximum atomic E-state index is 13.3. The first-order valence-corrected chi connectivity index (χ1v) is 14.3. The van der Waals surface area contributed by atoms with Gasteiger partial charge < -0.3 is 25.8 Å². The highest BCUT2D eigenvalue weighted by Crippen LogP contribution is 2.29. The summed E-state index contributed by atoms with van der Waals surface area (Å²) >= 11 is 12.5. The molecule has 0 spiro atoms. The standard InChI is InChI=1S/C25H30ClN7O5S2.ClH/c1-31(2)25(36)13-4-7-16(29-23(39)21(34)27-14-5-6-15(26)19(11-14)33(37)38)18(10-13)28-22(35)24-30-17-8-9-32(3)12-20(17)40-24;/h5-6,11,13,16,18H,4,7-10,12H2,1-3H3,(H,27,34)(H,28,35)(H,29,39);1H/t13-,16-,18+;/m0./s1. The van der Waals surface area contributed by atoms with E-state index in [1.165, 1.54) is 28.4 Å². The maximum Gasteiger partial charge on any atom is 0.289 e. The van der Waals surface area contributed by atoms with Crippen LogP contribution in [0, 0.1) is 16.0 Å². The van der Waals surface area contributed by atoms with E-state index in [0.717, 1.165) is 36.1 Å². The Morgan fingerprint density at radius 2 is 1.95 bits per heavy atom. The molecule has 2 heterocycles. The average molecular weight is 645 g/mol. The predicted molar refractivity (Wildman–Crippen MR) is 163 cm³/mol. The van der Waals surface area contributed by atoms with Gasteiger partial charge in [-0.2, -0.15) is 0 Å². The highest BCUT2D eigenvalue weighted by molar-refractivity contribution is 7.82. The van der Waals surface area contributed by atoms with Crippen molar-refractivity contribution in [1.82, 2.24) is 25.4 Å². The number of aromatic nitrogens is 1. The maximum absolute atomic E-state index is 13.3. The normalized spacial score (nSPS) is 20.1. The summed E-state index contributed by atoms with van der Waals surface area (Å²) in [6.07, 6.45) is 2.17. The molecule has 16 heteroatoms. The first-order chi connectivity index (χ1) is 18.9. The predicted octanol–water partition coefficient (Wildman–Crippen LogP) is 3.03. The zero-order chi connectivity index (χ0) is 29.1. The number of nitro groups is 1. The molecule has 1 aromatic carbocycles. The highest BCUT2D eigenvalue weighted by atomic mass is 35.5. The monoisotopic (exact) mass is 643 g/mol. The molecule has 1 aliphatic carbocycles. The smallest absolute Gasteiger partial charge is 0.289 e. The molecule has 0 bridgehead atoms. The third kappa shape index (κ3) is 7.89. The number of nitrogens with zero attached hydrogens (tertiary/aromatic N) is 4. The van der Waals surface area contributed by atoms with Crippen molar-refractivity contribution in [3.05, 3.63) is 48.9 Å². The minimum atomic E-state index is -0.667. The number of thiazole rings is 1. The number of carbonyl (C=O) groups is 3. The van der Waals surface area contributed by atoms with E-state index in [4.69, 9.17) is 23.8 Å². The van der Waals surface area contributed by atoms with Gasteiger partial charge in [0, 0.05) is 62.2 Å². The number of nitro benzene ring substituents is 1. The van der Waals surface area contributed by atoms with Crippen molar-refractivity contribution in [3.8, 4) is 0 Å². The molecule has 3 atom stereocenters. The molecule has 1 aromatic heterocycles. The third-order valence-corrected chi connectivity index (χ3v) is 8.70. The molecule has 0 saturated heterocycles. The van der Waals surface area contributed by atoms with Crippen LogP contribution >= 0.6 is 47.6 Å². The summed E-state index contributed by atoms with van der Waals surface area (Å²) < 4.78 is 0. The molecule has 1 aliphatic heterocycles. The van der Waals surface area contributed by atoms with Crippen molar-refractivity contribution in [2.45, 2.75) is 44.3 Å². The van der Waals surface area contributed by atoms with Gasteiger partial charge in [0.1, 0.15) is 5.02 Å². The second-order valence-electron chi connectivity index (χ2n) is 10.2. The Bertz CT molecular complexity index is 1360. The van der Waals surface area contributed by atoms with E-state index in [2.05, 4.69) is 25.8 Å². The van der Waals surface area contributed by atoms with Crippen LogP contribution in [0.25, 0.3) is 0 Å². The third-order valence-electron chi connectivity index (χ3n) is 7.00. The van der Waals surface area contributed by atoms with Crippen molar-refractivity contribution < 1.29 is 19.3 Å². The van der Waals surface area contributed by atoms with Gasteiger partial charge in [-0.3, -0.25) is 24.5 Å². The average Bonchev–Trinajstić information content (AvgIpc) is 3.33. The second kappa shape index (κ2) is 13.8.